The smallest absolute Gasteiger partial charge is 0.212 e. The maximum absolute atomic E-state index is 9.93. The number of aryl methyl sites for hydroxylation is 3. The maximum Gasteiger partial charge on any atom is 0.212 e. The van der Waals surface area contributed by atoms with Gasteiger partial charge in [0.15, 0.2) is 5.65 Å². The summed E-state index contributed by atoms with van der Waals surface area (Å²) < 4.78 is 7.61. The lowest BCUT2D eigenvalue weighted by Crippen LogP contribution is -2.02. The van der Waals surface area contributed by atoms with Gasteiger partial charge in [0.1, 0.15) is 11.6 Å². The topological polar surface area (TPSA) is 102 Å². The van der Waals surface area contributed by atoms with Crippen LogP contribution in [0.25, 0.3) is 16.9 Å². The summed E-state index contributed by atoms with van der Waals surface area (Å²) in [6.07, 6.45) is 2.88. The molecule has 0 aliphatic heterocycles. The van der Waals surface area contributed by atoms with Gasteiger partial charge >= 0.3 is 0 Å². The monoisotopic (exact) mass is 433 g/mol. The predicted molar refractivity (Wildman–Crippen MR) is 124 cm³/mol. The van der Waals surface area contributed by atoms with E-state index in [-0.39, 0.29) is 6.61 Å². The van der Waals surface area contributed by atoms with Crippen LogP contribution in [0.1, 0.15) is 23.4 Å². The molecule has 4 aromatic rings. The molecule has 2 N–H and O–H groups in total. The third-order valence-electron chi connectivity index (χ3n) is 4.78. The second-order valence-electron chi connectivity index (χ2n) is 7.17. The lowest BCUT2D eigenvalue weighted by Gasteiger charge is -2.11. The van der Waals surface area contributed by atoms with E-state index in [1.807, 2.05) is 67.8 Å². The van der Waals surface area contributed by atoms with Crippen molar-refractivity contribution >= 4 is 17.9 Å². The van der Waals surface area contributed by atoms with Crippen molar-refractivity contribution in [3.05, 3.63) is 71.7 Å². The Morgan fingerprint density at radius 3 is 2.69 bits per heavy atom. The summed E-state index contributed by atoms with van der Waals surface area (Å²) in [7, 11) is 0. The number of nitrogens with one attached hydrogen (secondary N) is 1. The number of pyridine rings is 1. The van der Waals surface area contributed by atoms with Gasteiger partial charge in [0.05, 0.1) is 23.7 Å². The van der Waals surface area contributed by atoms with Gasteiger partial charge in [-0.1, -0.05) is 12.1 Å². The number of nitrogens with zero attached hydrogens (tertiary/aromatic N) is 4. The van der Waals surface area contributed by atoms with Gasteiger partial charge in [-0.15, -0.1) is 0 Å². The van der Waals surface area contributed by atoms with E-state index in [1.54, 1.807) is 12.3 Å². The van der Waals surface area contributed by atoms with Crippen molar-refractivity contribution in [2.45, 2.75) is 27.2 Å². The number of amides is 1. The molecule has 0 atom stereocenters. The largest absolute Gasteiger partial charge is 0.493 e. The number of fused-ring (bicyclic) bond motifs is 1. The predicted octanol–water partition coefficient (Wildman–Crippen LogP) is 3.73. The Bertz CT molecular complexity index is 1190. The Morgan fingerprint density at radius 2 is 1.94 bits per heavy atom. The van der Waals surface area contributed by atoms with Gasteiger partial charge in [0, 0.05) is 24.8 Å². The van der Waals surface area contributed by atoms with Crippen molar-refractivity contribution in [2.75, 3.05) is 18.5 Å². The molecule has 0 saturated heterocycles. The van der Waals surface area contributed by atoms with E-state index in [1.165, 1.54) is 0 Å². The van der Waals surface area contributed by atoms with Crippen LogP contribution in [0, 0.1) is 20.8 Å². The fourth-order valence-corrected chi connectivity index (χ4v) is 3.02. The Balaban J connectivity index is 0.000000243. The standard InChI is InChI=1S/C17H19N3O2.C7H8N2O/c1-12-13(2)20-17(18-12)9-8-15(19-20)14-6-3-4-7-16(14)22-11-5-10-21;1-6-2-3-8-7(4-6)9-5-10/h3-4,6-9,21H,5,10-11H2,1-2H3;2-5H,1H3,(H,8,9,10). The molecule has 0 fully saturated rings. The van der Waals surface area contributed by atoms with Crippen molar-refractivity contribution in [1.29, 1.82) is 0 Å². The first-order valence-corrected chi connectivity index (χ1v) is 10.3. The summed E-state index contributed by atoms with van der Waals surface area (Å²) in [5.41, 5.74) is 5.73. The number of rotatable bonds is 7. The van der Waals surface area contributed by atoms with Crippen molar-refractivity contribution < 1.29 is 14.6 Å². The van der Waals surface area contributed by atoms with E-state index in [9.17, 15) is 4.79 Å². The Morgan fingerprint density at radius 1 is 1.12 bits per heavy atom. The number of aromatic nitrogens is 4. The molecule has 3 aromatic heterocycles. The zero-order valence-electron chi connectivity index (χ0n) is 18.4. The molecule has 32 heavy (non-hydrogen) atoms. The first-order chi connectivity index (χ1) is 15.5. The van der Waals surface area contributed by atoms with Gasteiger partial charge in [-0.05, 0) is 62.7 Å². The maximum atomic E-state index is 9.93. The highest BCUT2D eigenvalue weighted by Crippen LogP contribution is 2.28. The average Bonchev–Trinajstić information content (AvgIpc) is 3.08. The number of hydrogen-bond acceptors (Lipinski definition) is 6. The summed E-state index contributed by atoms with van der Waals surface area (Å²) in [4.78, 5) is 18.3. The highest BCUT2D eigenvalue weighted by molar-refractivity contribution is 5.69. The fourth-order valence-electron chi connectivity index (χ4n) is 3.02. The van der Waals surface area contributed by atoms with Crippen molar-refractivity contribution in [3.8, 4) is 17.0 Å². The second kappa shape index (κ2) is 11.0. The molecule has 1 aromatic carbocycles. The van der Waals surface area contributed by atoms with E-state index >= 15 is 0 Å². The summed E-state index contributed by atoms with van der Waals surface area (Å²) in [6.45, 7) is 6.54. The van der Waals surface area contributed by atoms with Crippen LogP contribution in [0.4, 0.5) is 5.82 Å². The molecule has 8 nitrogen and oxygen atoms in total. The summed E-state index contributed by atoms with van der Waals surface area (Å²) in [6, 6.07) is 15.4. The molecular weight excluding hydrogens is 406 g/mol. The summed E-state index contributed by atoms with van der Waals surface area (Å²) >= 11 is 0. The van der Waals surface area contributed by atoms with Gasteiger partial charge in [-0.25, -0.2) is 14.5 Å². The number of hydrogen-bond donors (Lipinski definition) is 2. The van der Waals surface area contributed by atoms with Gasteiger partial charge in [-0.3, -0.25) is 4.79 Å². The number of para-hydroxylation sites is 1. The zero-order chi connectivity index (χ0) is 22.9. The van der Waals surface area contributed by atoms with E-state index < -0.39 is 0 Å². The second-order valence-corrected chi connectivity index (χ2v) is 7.17. The minimum absolute atomic E-state index is 0.125. The number of benzene rings is 1. The third-order valence-corrected chi connectivity index (χ3v) is 4.78. The molecule has 0 spiro atoms. The van der Waals surface area contributed by atoms with Gasteiger partial charge in [-0.2, -0.15) is 5.10 Å². The number of carbonyl (C=O) groups excluding carboxylic acids is 1. The SMILES string of the molecule is Cc1ccnc(NC=O)c1.Cc1nc2ccc(-c3ccccc3OCCCO)nn2c1C. The summed E-state index contributed by atoms with van der Waals surface area (Å²) in [5, 5.41) is 16.0. The molecule has 0 radical (unpaired) electrons. The molecule has 0 unspecified atom stereocenters. The number of ether oxygens (including phenoxy) is 1. The van der Waals surface area contributed by atoms with Crippen LogP contribution >= 0.6 is 0 Å². The van der Waals surface area contributed by atoms with Gasteiger partial charge in [0.2, 0.25) is 6.41 Å². The van der Waals surface area contributed by atoms with E-state index in [4.69, 9.17) is 9.84 Å². The molecule has 0 bridgehead atoms. The molecular formula is C24H27N5O3. The molecule has 0 aliphatic carbocycles. The molecule has 166 valence electrons. The molecule has 3 heterocycles. The Hall–Kier alpha value is -3.78. The van der Waals surface area contributed by atoms with E-state index in [0.29, 0.717) is 25.3 Å². The first-order valence-electron chi connectivity index (χ1n) is 10.3. The van der Waals surface area contributed by atoms with Crippen LogP contribution in [-0.4, -0.2) is 44.3 Å². The zero-order valence-corrected chi connectivity index (χ0v) is 18.4. The normalized spacial score (nSPS) is 10.4. The van der Waals surface area contributed by atoms with Crippen LogP contribution in [0.2, 0.25) is 0 Å². The van der Waals surface area contributed by atoms with E-state index in [2.05, 4.69) is 20.4 Å². The molecule has 0 aliphatic rings. The van der Waals surface area contributed by atoms with Crippen LogP contribution in [-0.2, 0) is 4.79 Å². The van der Waals surface area contributed by atoms with Gasteiger partial charge < -0.3 is 15.2 Å². The molecule has 4 rings (SSSR count). The highest BCUT2D eigenvalue weighted by Gasteiger charge is 2.11. The van der Waals surface area contributed by atoms with Crippen LogP contribution in [0.3, 0.4) is 0 Å². The summed E-state index contributed by atoms with van der Waals surface area (Å²) in [5.74, 6) is 1.37. The molecule has 1 amide bonds. The number of aliphatic hydroxyl groups excluding tert-OH is 1. The van der Waals surface area contributed by atoms with Crippen molar-refractivity contribution in [1.82, 2.24) is 19.6 Å². The average molecular weight is 434 g/mol. The van der Waals surface area contributed by atoms with Crippen molar-refractivity contribution in [2.24, 2.45) is 0 Å². The van der Waals surface area contributed by atoms with Crippen LogP contribution < -0.4 is 10.1 Å². The lowest BCUT2D eigenvalue weighted by atomic mass is 10.1. The van der Waals surface area contributed by atoms with Gasteiger partial charge in [0.25, 0.3) is 0 Å². The first kappa shape index (κ1) is 22.9. The number of anilines is 1. The quantitative estimate of drug-likeness (QED) is 0.340. The minimum atomic E-state index is 0.125. The molecule has 8 heteroatoms. The lowest BCUT2D eigenvalue weighted by molar-refractivity contribution is -0.105. The Labute approximate surface area is 186 Å². The highest BCUT2D eigenvalue weighted by atomic mass is 16.5. The van der Waals surface area contributed by atoms with Crippen LogP contribution in [0.15, 0.2) is 54.7 Å². The van der Waals surface area contributed by atoms with Crippen LogP contribution in [0.5, 0.6) is 5.75 Å². The fraction of sp³-hybridized carbons (Fsp3) is 0.250. The van der Waals surface area contributed by atoms with Crippen molar-refractivity contribution in [3.63, 3.8) is 0 Å². The van der Waals surface area contributed by atoms with E-state index in [0.717, 1.165) is 39.6 Å². The molecule has 0 saturated carbocycles. The number of aliphatic hydroxyl groups is 1. The Kier molecular flexibility index (Phi) is 7.88. The minimum Gasteiger partial charge on any atom is -0.493 e. The number of imidazole rings is 1. The number of carbonyl (C=O) groups is 1. The third kappa shape index (κ3) is 5.67.